The lowest BCUT2D eigenvalue weighted by Crippen LogP contribution is -2.21. The molecule has 0 unspecified atom stereocenters. The van der Waals surface area contributed by atoms with Crippen molar-refractivity contribution in [3.05, 3.63) is 0 Å². The highest BCUT2D eigenvalue weighted by Crippen LogP contribution is 2.16. The second kappa shape index (κ2) is 5.03. The van der Waals surface area contributed by atoms with Crippen molar-refractivity contribution >= 4 is 12.6 Å². The van der Waals surface area contributed by atoms with Crippen LogP contribution in [-0.4, -0.2) is 18.5 Å². The van der Waals surface area contributed by atoms with Gasteiger partial charge < -0.3 is 4.74 Å². The van der Waals surface area contributed by atoms with Crippen molar-refractivity contribution in [1.82, 2.24) is 0 Å². The molecule has 0 rings (SSSR count). The van der Waals surface area contributed by atoms with Gasteiger partial charge in [-0.15, -0.1) is 0 Å². The molecule has 10 heavy (non-hydrogen) atoms. The van der Waals surface area contributed by atoms with Crippen LogP contribution in [0.5, 0.6) is 0 Å². The Morgan fingerprint density at radius 3 is 2.30 bits per heavy atom. The number of rotatable bonds is 5. The zero-order chi connectivity index (χ0) is 8.04. The van der Waals surface area contributed by atoms with E-state index in [9.17, 15) is 0 Å². The molecule has 62 valence electrons. The normalized spacial score (nSPS) is 12.0. The first-order valence-electron chi connectivity index (χ1n) is 3.78. The van der Waals surface area contributed by atoms with Crippen LogP contribution in [0.15, 0.2) is 0 Å². The number of thiol groups is 1. The lowest BCUT2D eigenvalue weighted by Gasteiger charge is -2.22. The van der Waals surface area contributed by atoms with E-state index in [0.717, 1.165) is 12.2 Å². The molecule has 0 saturated carbocycles. The number of hydrogen-bond donors (Lipinski definition) is 1. The van der Waals surface area contributed by atoms with Crippen LogP contribution >= 0.6 is 12.6 Å². The average Bonchev–Trinajstić information content (AvgIpc) is 1.89. The SMILES string of the molecule is COC(C)(C)CCCCS. The molecule has 0 aliphatic heterocycles. The zero-order valence-corrected chi connectivity index (χ0v) is 8.08. The minimum absolute atomic E-state index is 0.0585. The van der Waals surface area contributed by atoms with Crippen LogP contribution in [0.25, 0.3) is 0 Å². The molecule has 0 atom stereocenters. The Morgan fingerprint density at radius 2 is 1.90 bits per heavy atom. The van der Waals surface area contributed by atoms with Crippen LogP contribution in [0.3, 0.4) is 0 Å². The van der Waals surface area contributed by atoms with Gasteiger partial charge in [-0.3, -0.25) is 0 Å². The molecule has 0 spiro atoms. The maximum absolute atomic E-state index is 5.26. The summed E-state index contributed by atoms with van der Waals surface area (Å²) in [5.74, 6) is 0.986. The van der Waals surface area contributed by atoms with Crippen molar-refractivity contribution in [2.75, 3.05) is 12.9 Å². The zero-order valence-electron chi connectivity index (χ0n) is 7.18. The van der Waals surface area contributed by atoms with Crippen LogP contribution in [0.1, 0.15) is 33.1 Å². The largest absolute Gasteiger partial charge is 0.379 e. The molecule has 0 bridgehead atoms. The second-order valence-electron chi connectivity index (χ2n) is 3.14. The Balaban J connectivity index is 3.28. The monoisotopic (exact) mass is 162 g/mol. The van der Waals surface area contributed by atoms with Crippen LogP contribution in [0.2, 0.25) is 0 Å². The molecule has 1 nitrogen and oxygen atoms in total. The van der Waals surface area contributed by atoms with E-state index in [-0.39, 0.29) is 5.60 Å². The van der Waals surface area contributed by atoms with Gasteiger partial charge in [-0.25, -0.2) is 0 Å². The number of ether oxygens (including phenoxy) is 1. The lowest BCUT2D eigenvalue weighted by molar-refractivity contribution is 0.0138. The first-order valence-corrected chi connectivity index (χ1v) is 4.41. The van der Waals surface area contributed by atoms with Gasteiger partial charge >= 0.3 is 0 Å². The second-order valence-corrected chi connectivity index (χ2v) is 3.59. The number of hydrogen-bond acceptors (Lipinski definition) is 2. The fourth-order valence-corrected chi connectivity index (χ4v) is 0.988. The van der Waals surface area contributed by atoms with Gasteiger partial charge in [-0.2, -0.15) is 12.6 Å². The van der Waals surface area contributed by atoms with Crippen molar-refractivity contribution in [1.29, 1.82) is 0 Å². The molecular formula is C8H18OS. The van der Waals surface area contributed by atoms with E-state index in [1.165, 1.54) is 12.8 Å². The van der Waals surface area contributed by atoms with Gasteiger partial charge in [0, 0.05) is 7.11 Å². The minimum Gasteiger partial charge on any atom is -0.379 e. The van der Waals surface area contributed by atoms with Crippen LogP contribution < -0.4 is 0 Å². The first-order chi connectivity index (χ1) is 4.62. The quantitative estimate of drug-likeness (QED) is 0.483. The van der Waals surface area contributed by atoms with Crippen molar-refractivity contribution < 1.29 is 4.74 Å². The molecule has 0 aliphatic carbocycles. The Labute approximate surface area is 69.6 Å². The maximum atomic E-state index is 5.26. The molecule has 0 saturated heterocycles. The summed E-state index contributed by atoms with van der Waals surface area (Å²) in [5.41, 5.74) is 0.0585. The fraction of sp³-hybridized carbons (Fsp3) is 1.00. The molecule has 0 amide bonds. The molecule has 0 radical (unpaired) electrons. The lowest BCUT2D eigenvalue weighted by atomic mass is 10.0. The van der Waals surface area contributed by atoms with Crippen molar-refractivity contribution in [2.45, 2.75) is 38.7 Å². The van der Waals surface area contributed by atoms with Gasteiger partial charge in [-0.1, -0.05) is 0 Å². The average molecular weight is 162 g/mol. The number of methoxy groups -OCH3 is 1. The minimum atomic E-state index is 0.0585. The summed E-state index contributed by atoms with van der Waals surface area (Å²) in [6, 6.07) is 0. The summed E-state index contributed by atoms with van der Waals surface area (Å²) in [6.07, 6.45) is 3.53. The topological polar surface area (TPSA) is 9.23 Å². The Hall–Kier alpha value is 0.310. The van der Waals surface area contributed by atoms with E-state index in [4.69, 9.17) is 4.74 Å². The summed E-state index contributed by atoms with van der Waals surface area (Å²) >= 11 is 4.14. The molecule has 0 heterocycles. The van der Waals surface area contributed by atoms with Crippen molar-refractivity contribution in [2.24, 2.45) is 0 Å². The summed E-state index contributed by atoms with van der Waals surface area (Å²) in [5, 5.41) is 0. The third-order valence-electron chi connectivity index (χ3n) is 1.74. The van der Waals surface area contributed by atoms with E-state index < -0.39 is 0 Å². The third kappa shape index (κ3) is 5.12. The van der Waals surface area contributed by atoms with Crippen LogP contribution in [0, 0.1) is 0 Å². The number of unbranched alkanes of at least 4 members (excludes halogenated alkanes) is 1. The van der Waals surface area contributed by atoms with E-state index in [1.54, 1.807) is 7.11 Å². The van der Waals surface area contributed by atoms with E-state index >= 15 is 0 Å². The Kier molecular flexibility index (Phi) is 5.18. The summed E-state index contributed by atoms with van der Waals surface area (Å²) in [6.45, 7) is 4.23. The first kappa shape index (κ1) is 10.3. The highest BCUT2D eigenvalue weighted by atomic mass is 32.1. The van der Waals surface area contributed by atoms with E-state index in [0.29, 0.717) is 0 Å². The van der Waals surface area contributed by atoms with Gasteiger partial charge in [0.25, 0.3) is 0 Å². The van der Waals surface area contributed by atoms with Gasteiger partial charge in [0.1, 0.15) is 0 Å². The highest BCUT2D eigenvalue weighted by molar-refractivity contribution is 7.80. The summed E-state index contributed by atoms with van der Waals surface area (Å²) < 4.78 is 5.26. The van der Waals surface area contributed by atoms with Crippen LogP contribution in [0.4, 0.5) is 0 Å². The molecule has 0 N–H and O–H groups in total. The Morgan fingerprint density at radius 1 is 1.30 bits per heavy atom. The van der Waals surface area contributed by atoms with Crippen molar-refractivity contribution in [3.8, 4) is 0 Å². The van der Waals surface area contributed by atoms with E-state index in [1.807, 2.05) is 0 Å². The van der Waals surface area contributed by atoms with Gasteiger partial charge in [-0.05, 0) is 38.9 Å². The summed E-state index contributed by atoms with van der Waals surface area (Å²) in [7, 11) is 1.76. The standard InChI is InChI=1S/C8H18OS/c1-8(2,9-3)6-4-5-7-10/h10H,4-7H2,1-3H3. The van der Waals surface area contributed by atoms with Gasteiger partial charge in [0.2, 0.25) is 0 Å². The molecule has 0 aliphatic rings. The van der Waals surface area contributed by atoms with Crippen LogP contribution in [-0.2, 0) is 4.74 Å². The third-order valence-corrected chi connectivity index (χ3v) is 2.06. The maximum Gasteiger partial charge on any atom is 0.0622 e. The highest BCUT2D eigenvalue weighted by Gasteiger charge is 2.14. The van der Waals surface area contributed by atoms with Crippen molar-refractivity contribution in [3.63, 3.8) is 0 Å². The smallest absolute Gasteiger partial charge is 0.0622 e. The molecule has 2 heteroatoms. The fourth-order valence-electron chi connectivity index (χ4n) is 0.765. The van der Waals surface area contributed by atoms with E-state index in [2.05, 4.69) is 26.5 Å². The molecule has 0 aromatic rings. The molecule has 0 aromatic carbocycles. The predicted molar refractivity (Wildman–Crippen MR) is 48.8 cm³/mol. The Bertz CT molecular complexity index is 81.3. The molecule has 0 aromatic heterocycles. The predicted octanol–water partition coefficient (Wildman–Crippen LogP) is 2.51. The summed E-state index contributed by atoms with van der Waals surface area (Å²) in [4.78, 5) is 0. The molecule has 0 fully saturated rings. The molecular weight excluding hydrogens is 144 g/mol. The van der Waals surface area contributed by atoms with Gasteiger partial charge in [0.15, 0.2) is 0 Å². The van der Waals surface area contributed by atoms with Gasteiger partial charge in [0.05, 0.1) is 5.60 Å².